The zero-order chi connectivity index (χ0) is 24.4. The van der Waals surface area contributed by atoms with Crippen LogP contribution in [0.3, 0.4) is 0 Å². The highest BCUT2D eigenvalue weighted by molar-refractivity contribution is 6.33. The Morgan fingerprint density at radius 1 is 1.15 bits per heavy atom. The number of nitrogens with zero attached hydrogens (tertiary/aromatic N) is 3. The van der Waals surface area contributed by atoms with Gasteiger partial charge in [-0.3, -0.25) is 9.78 Å². The summed E-state index contributed by atoms with van der Waals surface area (Å²) in [5, 5.41) is 0.248. The van der Waals surface area contributed by atoms with Crippen LogP contribution in [0.25, 0.3) is 22.8 Å². The van der Waals surface area contributed by atoms with Gasteiger partial charge in [-0.2, -0.15) is 18.2 Å². The predicted octanol–water partition coefficient (Wildman–Crippen LogP) is 4.08. The highest BCUT2D eigenvalue weighted by Gasteiger charge is 2.58. The zero-order valence-electron chi connectivity index (χ0n) is 17.9. The Morgan fingerprint density at radius 3 is 2.42 bits per heavy atom. The summed E-state index contributed by atoms with van der Waals surface area (Å²) in [6, 6.07) is 13.4. The molecule has 0 aliphatic rings. The van der Waals surface area contributed by atoms with Gasteiger partial charge in [-0.1, -0.05) is 48.0 Å². The summed E-state index contributed by atoms with van der Waals surface area (Å²) in [4.78, 5) is 36.3. The maximum Gasteiger partial charge on any atom is 0.426 e. The van der Waals surface area contributed by atoms with Crippen LogP contribution in [0, 0.1) is 0 Å². The fourth-order valence-corrected chi connectivity index (χ4v) is 3.32. The molecule has 7 nitrogen and oxygen atoms in total. The Balaban J connectivity index is 1.95. The predicted molar refractivity (Wildman–Crippen MR) is 116 cm³/mol. The second-order valence-corrected chi connectivity index (χ2v) is 7.81. The van der Waals surface area contributed by atoms with Gasteiger partial charge in [-0.25, -0.2) is 9.78 Å². The van der Waals surface area contributed by atoms with Gasteiger partial charge in [0.25, 0.3) is 5.91 Å². The van der Waals surface area contributed by atoms with Gasteiger partial charge in [-0.15, -0.1) is 0 Å². The van der Waals surface area contributed by atoms with Gasteiger partial charge in [0.1, 0.15) is 5.82 Å². The average Bonchev–Trinajstić information content (AvgIpc) is 2.78. The molecule has 0 saturated heterocycles. The Morgan fingerprint density at radius 2 is 1.82 bits per heavy atom. The third kappa shape index (κ3) is 5.07. The molecule has 0 aliphatic carbocycles. The Kier molecular flexibility index (Phi) is 6.89. The van der Waals surface area contributed by atoms with E-state index in [0.29, 0.717) is 23.6 Å². The van der Waals surface area contributed by atoms with E-state index in [1.165, 1.54) is 19.2 Å². The largest absolute Gasteiger partial charge is 0.426 e. The summed E-state index contributed by atoms with van der Waals surface area (Å²) in [6.07, 6.45) is -4.90. The Labute approximate surface area is 192 Å². The fraction of sp³-hybridized carbons (Fsp3) is 0.273. The lowest BCUT2D eigenvalue weighted by Gasteiger charge is -2.33. The molecule has 1 amide bonds. The molecule has 0 unspecified atom stereocenters. The summed E-state index contributed by atoms with van der Waals surface area (Å²) < 4.78 is 44.6. The van der Waals surface area contributed by atoms with Gasteiger partial charge in [-0.05, 0) is 24.6 Å². The molecule has 2 aromatic carbocycles. The van der Waals surface area contributed by atoms with E-state index < -0.39 is 23.4 Å². The number of methoxy groups -OCH3 is 1. The summed E-state index contributed by atoms with van der Waals surface area (Å²) in [5.41, 5.74) is -2.22. The Hall–Kier alpha value is -3.24. The first kappa shape index (κ1) is 24.4. The first-order valence-electron chi connectivity index (χ1n) is 9.66. The molecule has 11 heteroatoms. The minimum absolute atomic E-state index is 0.131. The molecule has 1 heterocycles. The summed E-state index contributed by atoms with van der Waals surface area (Å²) in [6.45, 7) is 0.509. The first-order chi connectivity index (χ1) is 15.5. The second-order valence-electron chi connectivity index (χ2n) is 7.40. The number of likely N-dealkylation sites (N-methyl/N-ethyl adjacent to an activating group) is 1. The summed E-state index contributed by atoms with van der Waals surface area (Å²) in [7, 11) is 2.06. The van der Waals surface area contributed by atoms with Gasteiger partial charge < -0.3 is 9.64 Å². The van der Waals surface area contributed by atoms with Crippen molar-refractivity contribution < 1.29 is 22.7 Å². The number of aromatic amines is 1. The van der Waals surface area contributed by atoms with E-state index in [4.69, 9.17) is 11.6 Å². The van der Waals surface area contributed by atoms with Crippen molar-refractivity contribution in [2.45, 2.75) is 25.2 Å². The van der Waals surface area contributed by atoms with Crippen molar-refractivity contribution in [1.82, 2.24) is 19.9 Å². The number of amides is 1. The van der Waals surface area contributed by atoms with Crippen LogP contribution in [-0.4, -0.2) is 51.7 Å². The minimum Gasteiger partial charge on any atom is -0.361 e. The van der Waals surface area contributed by atoms with Crippen molar-refractivity contribution in [2.24, 2.45) is 0 Å². The molecule has 0 spiro atoms. The number of hydrogen-bond donors (Lipinski definition) is 1. The van der Waals surface area contributed by atoms with E-state index in [1.54, 1.807) is 30.3 Å². The SMILES string of the molecule is CO[C@](C)(C(=O)N(C)Cc1ccc(Cl)c(-c2nc(-c3ccccc3)nc(=O)[nH]2)c1)C(F)(F)F. The lowest BCUT2D eigenvalue weighted by Crippen LogP contribution is -2.56. The molecule has 0 fully saturated rings. The van der Waals surface area contributed by atoms with Gasteiger partial charge in [0.05, 0.1) is 5.02 Å². The van der Waals surface area contributed by atoms with Gasteiger partial charge in [0.2, 0.25) is 5.60 Å². The zero-order valence-corrected chi connectivity index (χ0v) is 18.7. The second kappa shape index (κ2) is 9.32. The molecule has 1 atom stereocenters. The van der Waals surface area contributed by atoms with Crippen LogP contribution in [0.5, 0.6) is 0 Å². The number of carbonyl (C=O) groups excluding carboxylic acids is 1. The normalized spacial score (nSPS) is 13.4. The smallest absolute Gasteiger partial charge is 0.361 e. The topological polar surface area (TPSA) is 88.2 Å². The Bertz CT molecular complexity index is 1220. The number of H-pyrrole nitrogens is 1. The van der Waals surface area contributed by atoms with Gasteiger partial charge in [0, 0.05) is 31.8 Å². The number of rotatable bonds is 6. The molecule has 1 aromatic heterocycles. The molecular weight excluding hydrogens is 461 g/mol. The van der Waals surface area contributed by atoms with Crippen LogP contribution in [0.15, 0.2) is 53.3 Å². The number of nitrogens with one attached hydrogen (secondary N) is 1. The van der Waals surface area contributed by atoms with Crippen molar-refractivity contribution in [3.05, 3.63) is 69.6 Å². The van der Waals surface area contributed by atoms with Crippen molar-refractivity contribution in [3.63, 3.8) is 0 Å². The third-order valence-corrected chi connectivity index (χ3v) is 5.42. The number of aromatic nitrogens is 3. The number of benzene rings is 2. The number of ether oxygens (including phenoxy) is 1. The van der Waals surface area contributed by atoms with E-state index in [2.05, 4.69) is 19.7 Å². The summed E-state index contributed by atoms with van der Waals surface area (Å²) >= 11 is 6.30. The lowest BCUT2D eigenvalue weighted by atomic mass is 10.0. The molecular formula is C22H20ClF3N4O3. The molecule has 3 rings (SSSR count). The number of carbonyl (C=O) groups is 1. The monoisotopic (exact) mass is 480 g/mol. The number of alkyl halides is 3. The van der Waals surface area contributed by atoms with Crippen LogP contribution < -0.4 is 5.69 Å². The average molecular weight is 481 g/mol. The van der Waals surface area contributed by atoms with E-state index >= 15 is 0 Å². The van der Waals surface area contributed by atoms with E-state index in [9.17, 15) is 22.8 Å². The number of halogens is 4. The first-order valence-corrected chi connectivity index (χ1v) is 10.0. The highest BCUT2D eigenvalue weighted by Crippen LogP contribution is 2.35. The fourth-order valence-electron chi connectivity index (χ4n) is 3.11. The highest BCUT2D eigenvalue weighted by atomic mass is 35.5. The third-order valence-electron chi connectivity index (χ3n) is 5.09. The molecule has 0 radical (unpaired) electrons. The van der Waals surface area contributed by atoms with Gasteiger partial charge >= 0.3 is 11.9 Å². The van der Waals surface area contributed by atoms with E-state index in [0.717, 1.165) is 12.0 Å². The van der Waals surface area contributed by atoms with Crippen molar-refractivity contribution in [3.8, 4) is 22.8 Å². The molecule has 0 saturated carbocycles. The van der Waals surface area contributed by atoms with Crippen molar-refractivity contribution in [1.29, 1.82) is 0 Å². The van der Waals surface area contributed by atoms with E-state index in [-0.39, 0.29) is 23.2 Å². The van der Waals surface area contributed by atoms with Crippen LogP contribution in [0.2, 0.25) is 5.02 Å². The molecule has 0 aliphatic heterocycles. The lowest BCUT2D eigenvalue weighted by molar-refractivity contribution is -0.258. The molecule has 0 bridgehead atoms. The van der Waals surface area contributed by atoms with Crippen molar-refractivity contribution in [2.75, 3.05) is 14.2 Å². The maximum atomic E-state index is 13.4. The summed E-state index contributed by atoms with van der Waals surface area (Å²) in [5.74, 6) is -0.938. The molecule has 3 aromatic rings. The van der Waals surface area contributed by atoms with Crippen LogP contribution in [0.1, 0.15) is 12.5 Å². The quantitative estimate of drug-likeness (QED) is 0.574. The molecule has 1 N–H and O–H groups in total. The van der Waals surface area contributed by atoms with Crippen LogP contribution in [0.4, 0.5) is 13.2 Å². The van der Waals surface area contributed by atoms with Crippen molar-refractivity contribution >= 4 is 17.5 Å². The molecule has 33 heavy (non-hydrogen) atoms. The van der Waals surface area contributed by atoms with E-state index in [1.807, 2.05) is 6.07 Å². The number of hydrogen-bond acceptors (Lipinski definition) is 5. The minimum atomic E-state index is -4.90. The molecule has 174 valence electrons. The van der Waals surface area contributed by atoms with Crippen LogP contribution in [-0.2, 0) is 16.1 Å². The standard InChI is InChI=1S/C22H20ClF3N4O3/c1-21(33-3,22(24,25)26)19(31)30(2)12-13-9-10-16(23)15(11-13)18-27-17(28-20(32)29-18)14-7-5-4-6-8-14/h4-11H,12H2,1-3H3,(H,27,28,29,32)/t21-/m1/s1. The van der Waals surface area contributed by atoms with Crippen LogP contribution >= 0.6 is 11.6 Å². The maximum absolute atomic E-state index is 13.4. The van der Waals surface area contributed by atoms with Gasteiger partial charge in [0.15, 0.2) is 5.82 Å².